The van der Waals surface area contributed by atoms with E-state index in [0.29, 0.717) is 22.9 Å². The Morgan fingerprint density at radius 1 is 0.806 bits per heavy atom. The SMILES string of the molecule is COc1ccc([C@@H](C)NC(=O)CN(c2ccc(OC)cc2)S(=O)(=O)c2ccc(OC)c(OC)c2)cc1. The summed E-state index contributed by atoms with van der Waals surface area (Å²) in [5.74, 6) is 1.42. The Morgan fingerprint density at radius 2 is 1.36 bits per heavy atom. The van der Waals surface area contributed by atoms with Crippen molar-refractivity contribution < 1.29 is 32.2 Å². The molecule has 1 N–H and O–H groups in total. The van der Waals surface area contributed by atoms with Crippen LogP contribution < -0.4 is 28.6 Å². The Bertz CT molecular complexity index is 1280. The highest BCUT2D eigenvalue weighted by Crippen LogP contribution is 2.32. The van der Waals surface area contributed by atoms with Crippen molar-refractivity contribution in [2.75, 3.05) is 39.3 Å². The lowest BCUT2D eigenvalue weighted by Crippen LogP contribution is -2.41. The molecule has 0 aliphatic carbocycles. The summed E-state index contributed by atoms with van der Waals surface area (Å²) >= 11 is 0. The average Bonchev–Trinajstić information content (AvgIpc) is 2.91. The van der Waals surface area contributed by atoms with Gasteiger partial charge in [0.25, 0.3) is 10.0 Å². The molecule has 0 aliphatic heterocycles. The topological polar surface area (TPSA) is 103 Å². The zero-order valence-electron chi connectivity index (χ0n) is 20.8. The Kier molecular flexibility index (Phi) is 8.65. The van der Waals surface area contributed by atoms with Crippen LogP contribution in [0.15, 0.2) is 71.6 Å². The molecule has 0 fully saturated rings. The van der Waals surface area contributed by atoms with Crippen LogP contribution in [0.1, 0.15) is 18.5 Å². The van der Waals surface area contributed by atoms with Crippen molar-refractivity contribution in [3.05, 3.63) is 72.3 Å². The van der Waals surface area contributed by atoms with E-state index in [-0.39, 0.29) is 16.7 Å². The van der Waals surface area contributed by atoms with Gasteiger partial charge in [-0.3, -0.25) is 9.10 Å². The first kappa shape index (κ1) is 26.7. The van der Waals surface area contributed by atoms with Gasteiger partial charge in [-0.25, -0.2) is 8.42 Å². The second-order valence-corrected chi connectivity index (χ2v) is 9.65. The molecule has 0 unspecified atom stereocenters. The van der Waals surface area contributed by atoms with Crippen LogP contribution in [0.25, 0.3) is 0 Å². The number of rotatable bonds is 11. The highest BCUT2D eigenvalue weighted by Gasteiger charge is 2.29. The number of methoxy groups -OCH3 is 4. The van der Waals surface area contributed by atoms with E-state index in [9.17, 15) is 13.2 Å². The Balaban J connectivity index is 1.92. The molecule has 0 bridgehead atoms. The van der Waals surface area contributed by atoms with Gasteiger partial charge in [0.1, 0.15) is 18.0 Å². The van der Waals surface area contributed by atoms with Gasteiger partial charge in [0.15, 0.2) is 11.5 Å². The molecule has 1 atom stereocenters. The molecular weight excluding hydrogens is 484 g/mol. The molecule has 0 saturated heterocycles. The number of hydrogen-bond donors (Lipinski definition) is 1. The van der Waals surface area contributed by atoms with E-state index in [4.69, 9.17) is 18.9 Å². The van der Waals surface area contributed by atoms with E-state index in [1.54, 1.807) is 43.5 Å². The van der Waals surface area contributed by atoms with Crippen molar-refractivity contribution in [1.82, 2.24) is 5.32 Å². The van der Waals surface area contributed by atoms with Crippen LogP contribution in [0.5, 0.6) is 23.0 Å². The van der Waals surface area contributed by atoms with Crippen LogP contribution in [0.3, 0.4) is 0 Å². The summed E-state index contributed by atoms with van der Waals surface area (Å²) in [4.78, 5) is 13.0. The molecule has 10 heteroatoms. The number of carbonyl (C=O) groups excluding carboxylic acids is 1. The highest BCUT2D eigenvalue weighted by atomic mass is 32.2. The zero-order chi connectivity index (χ0) is 26.3. The molecule has 0 aliphatic rings. The number of hydrogen-bond acceptors (Lipinski definition) is 7. The number of sulfonamides is 1. The molecule has 0 radical (unpaired) electrons. The monoisotopic (exact) mass is 514 g/mol. The first-order valence-electron chi connectivity index (χ1n) is 11.1. The van der Waals surface area contributed by atoms with Gasteiger partial charge in [-0.1, -0.05) is 12.1 Å². The lowest BCUT2D eigenvalue weighted by atomic mass is 10.1. The van der Waals surface area contributed by atoms with Gasteiger partial charge in [-0.2, -0.15) is 0 Å². The van der Waals surface area contributed by atoms with E-state index >= 15 is 0 Å². The Morgan fingerprint density at radius 3 is 1.89 bits per heavy atom. The van der Waals surface area contributed by atoms with Gasteiger partial charge in [-0.05, 0) is 61.0 Å². The standard InChI is InChI=1S/C26H30N2O7S/c1-18(19-6-10-21(32-2)11-7-19)27-26(29)17-28(20-8-12-22(33-3)13-9-20)36(30,31)23-14-15-24(34-4)25(16-23)35-5/h6-16,18H,17H2,1-5H3,(H,27,29)/t18-/m1/s1. The number of ether oxygens (including phenoxy) is 4. The lowest BCUT2D eigenvalue weighted by molar-refractivity contribution is -0.120. The first-order chi connectivity index (χ1) is 17.2. The summed E-state index contributed by atoms with van der Waals surface area (Å²) in [6.45, 7) is 1.38. The summed E-state index contributed by atoms with van der Waals surface area (Å²) < 4.78 is 49.3. The largest absolute Gasteiger partial charge is 0.497 e. The van der Waals surface area contributed by atoms with Crippen LogP contribution in [-0.4, -0.2) is 49.3 Å². The van der Waals surface area contributed by atoms with E-state index in [2.05, 4.69) is 5.32 Å². The Hall–Kier alpha value is -3.92. The number of carbonyl (C=O) groups is 1. The second kappa shape index (κ2) is 11.7. The number of benzene rings is 3. The van der Waals surface area contributed by atoms with Gasteiger partial charge < -0.3 is 24.3 Å². The third-order valence-corrected chi connectivity index (χ3v) is 7.35. The van der Waals surface area contributed by atoms with Crippen LogP contribution in [0, 0.1) is 0 Å². The van der Waals surface area contributed by atoms with Gasteiger partial charge in [0, 0.05) is 6.07 Å². The molecule has 3 aromatic rings. The van der Waals surface area contributed by atoms with Crippen molar-refractivity contribution in [2.24, 2.45) is 0 Å². The maximum absolute atomic E-state index is 13.7. The predicted octanol–water partition coefficient (Wildman–Crippen LogP) is 3.79. The molecule has 9 nitrogen and oxygen atoms in total. The highest BCUT2D eigenvalue weighted by molar-refractivity contribution is 7.92. The summed E-state index contributed by atoms with van der Waals surface area (Å²) in [5.41, 5.74) is 1.15. The van der Waals surface area contributed by atoms with Crippen LogP contribution >= 0.6 is 0 Å². The van der Waals surface area contributed by atoms with E-state index in [1.807, 2.05) is 19.1 Å². The maximum atomic E-state index is 13.7. The molecule has 3 aromatic carbocycles. The fourth-order valence-corrected chi connectivity index (χ4v) is 5.00. The third kappa shape index (κ3) is 6.01. The van der Waals surface area contributed by atoms with Crippen LogP contribution in [0.2, 0.25) is 0 Å². The fourth-order valence-electron chi connectivity index (χ4n) is 3.56. The molecular formula is C26H30N2O7S. The van der Waals surface area contributed by atoms with Crippen molar-refractivity contribution in [3.8, 4) is 23.0 Å². The molecule has 0 heterocycles. The lowest BCUT2D eigenvalue weighted by Gasteiger charge is -2.25. The number of nitrogens with one attached hydrogen (secondary N) is 1. The van der Waals surface area contributed by atoms with Gasteiger partial charge in [0.2, 0.25) is 5.91 Å². The van der Waals surface area contributed by atoms with E-state index < -0.39 is 22.5 Å². The van der Waals surface area contributed by atoms with Crippen molar-refractivity contribution in [2.45, 2.75) is 17.9 Å². The number of nitrogens with zero attached hydrogens (tertiary/aromatic N) is 1. The zero-order valence-corrected chi connectivity index (χ0v) is 21.7. The predicted molar refractivity (Wildman–Crippen MR) is 137 cm³/mol. The molecule has 3 rings (SSSR count). The number of amides is 1. The van der Waals surface area contributed by atoms with Gasteiger partial charge in [0.05, 0.1) is 45.1 Å². The second-order valence-electron chi connectivity index (χ2n) is 7.79. The normalized spacial score (nSPS) is 11.8. The summed E-state index contributed by atoms with van der Waals surface area (Å²) in [7, 11) is 1.82. The minimum Gasteiger partial charge on any atom is -0.497 e. The summed E-state index contributed by atoms with van der Waals surface area (Å²) in [6.07, 6.45) is 0. The van der Waals surface area contributed by atoms with Crippen LogP contribution in [0.4, 0.5) is 5.69 Å². The minimum atomic E-state index is -4.16. The van der Waals surface area contributed by atoms with Crippen molar-refractivity contribution in [1.29, 1.82) is 0 Å². The first-order valence-corrected chi connectivity index (χ1v) is 12.5. The minimum absolute atomic E-state index is 0.0491. The molecule has 1 amide bonds. The molecule has 0 aromatic heterocycles. The molecule has 192 valence electrons. The van der Waals surface area contributed by atoms with Gasteiger partial charge >= 0.3 is 0 Å². The summed E-state index contributed by atoms with van der Waals surface area (Å²) in [6, 6.07) is 17.6. The Labute approximate surface area is 211 Å². The summed E-state index contributed by atoms with van der Waals surface area (Å²) in [5, 5.41) is 2.87. The smallest absolute Gasteiger partial charge is 0.264 e. The van der Waals surface area contributed by atoms with Gasteiger partial charge in [-0.15, -0.1) is 0 Å². The third-order valence-electron chi connectivity index (χ3n) is 5.58. The van der Waals surface area contributed by atoms with E-state index in [0.717, 1.165) is 9.87 Å². The maximum Gasteiger partial charge on any atom is 0.264 e. The fraction of sp³-hybridized carbons (Fsp3) is 0.269. The molecule has 36 heavy (non-hydrogen) atoms. The van der Waals surface area contributed by atoms with Crippen molar-refractivity contribution >= 4 is 21.6 Å². The average molecular weight is 515 g/mol. The quantitative estimate of drug-likeness (QED) is 0.415. The number of anilines is 1. The molecule has 0 spiro atoms. The van der Waals surface area contributed by atoms with Crippen molar-refractivity contribution in [3.63, 3.8) is 0 Å². The molecule has 0 saturated carbocycles. The van der Waals surface area contributed by atoms with Crippen LogP contribution in [-0.2, 0) is 14.8 Å². The van der Waals surface area contributed by atoms with E-state index in [1.165, 1.54) is 39.5 Å².